The van der Waals surface area contributed by atoms with Crippen molar-refractivity contribution >= 4 is 0 Å². The van der Waals surface area contributed by atoms with Crippen molar-refractivity contribution in [1.82, 2.24) is 10.2 Å². The second-order valence-corrected chi connectivity index (χ2v) is 7.95. The highest BCUT2D eigenvalue weighted by molar-refractivity contribution is 4.84. The van der Waals surface area contributed by atoms with E-state index in [-0.39, 0.29) is 0 Å². The lowest BCUT2D eigenvalue weighted by molar-refractivity contribution is 0.0979. The molecule has 0 aromatic heterocycles. The molecule has 2 heteroatoms. The molecule has 1 heterocycles. The first-order valence-corrected chi connectivity index (χ1v) is 8.82. The molecule has 0 spiro atoms. The monoisotopic (exact) mass is 282 g/mol. The summed E-state index contributed by atoms with van der Waals surface area (Å²) in [4.78, 5) is 2.72. The maximum absolute atomic E-state index is 3.66. The smallest absolute Gasteiger partial charge is 0.00475 e. The fourth-order valence-corrected chi connectivity index (χ4v) is 3.59. The van der Waals surface area contributed by atoms with Crippen molar-refractivity contribution in [3.8, 4) is 0 Å². The van der Waals surface area contributed by atoms with Gasteiger partial charge < -0.3 is 10.2 Å². The lowest BCUT2D eigenvalue weighted by Gasteiger charge is -2.40. The zero-order chi connectivity index (χ0) is 15.2. The molecule has 20 heavy (non-hydrogen) atoms. The summed E-state index contributed by atoms with van der Waals surface area (Å²) in [6.45, 7) is 19.1. The molecule has 1 atom stereocenters. The fourth-order valence-electron chi connectivity index (χ4n) is 3.59. The third-order valence-corrected chi connectivity index (χ3v) is 4.97. The molecule has 1 N–H and O–H groups in total. The van der Waals surface area contributed by atoms with E-state index in [0.29, 0.717) is 11.5 Å². The van der Waals surface area contributed by atoms with E-state index < -0.39 is 0 Å². The molecule has 1 aliphatic heterocycles. The number of hydrogen-bond acceptors (Lipinski definition) is 2. The van der Waals surface area contributed by atoms with E-state index >= 15 is 0 Å². The van der Waals surface area contributed by atoms with Crippen molar-refractivity contribution in [2.45, 2.75) is 73.3 Å². The van der Waals surface area contributed by atoms with Gasteiger partial charge in [0.2, 0.25) is 0 Å². The van der Waals surface area contributed by atoms with E-state index in [1.807, 2.05) is 0 Å². The van der Waals surface area contributed by atoms with E-state index in [1.165, 1.54) is 45.3 Å². The van der Waals surface area contributed by atoms with Gasteiger partial charge >= 0.3 is 0 Å². The van der Waals surface area contributed by atoms with Gasteiger partial charge in [-0.25, -0.2) is 0 Å². The van der Waals surface area contributed by atoms with Crippen LogP contribution in [0.1, 0.15) is 67.2 Å². The summed E-state index contributed by atoms with van der Waals surface area (Å²) < 4.78 is 0. The molecule has 0 aromatic carbocycles. The number of likely N-dealkylation sites (tertiary alicyclic amines) is 1. The summed E-state index contributed by atoms with van der Waals surface area (Å²) in [5.41, 5.74) is 0.434. The van der Waals surface area contributed by atoms with Crippen molar-refractivity contribution in [2.75, 3.05) is 26.2 Å². The van der Waals surface area contributed by atoms with Crippen molar-refractivity contribution < 1.29 is 0 Å². The van der Waals surface area contributed by atoms with Gasteiger partial charge in [-0.3, -0.25) is 0 Å². The molecule has 1 unspecified atom stereocenters. The zero-order valence-corrected chi connectivity index (χ0v) is 14.8. The first-order chi connectivity index (χ1) is 9.36. The number of rotatable bonds is 8. The van der Waals surface area contributed by atoms with Crippen molar-refractivity contribution in [1.29, 1.82) is 0 Å². The number of nitrogens with zero attached hydrogens (tertiary/aromatic N) is 1. The summed E-state index contributed by atoms with van der Waals surface area (Å²) >= 11 is 0. The van der Waals surface area contributed by atoms with E-state index in [0.717, 1.165) is 18.4 Å². The first-order valence-electron chi connectivity index (χ1n) is 8.82. The van der Waals surface area contributed by atoms with Crippen LogP contribution in [0.2, 0.25) is 0 Å². The molecular weight excluding hydrogens is 244 g/mol. The van der Waals surface area contributed by atoms with Crippen molar-refractivity contribution in [3.63, 3.8) is 0 Å². The van der Waals surface area contributed by atoms with Crippen molar-refractivity contribution in [2.24, 2.45) is 17.3 Å². The van der Waals surface area contributed by atoms with Gasteiger partial charge in [0, 0.05) is 19.1 Å². The molecule has 1 fully saturated rings. The van der Waals surface area contributed by atoms with Gasteiger partial charge in [0.15, 0.2) is 0 Å². The summed E-state index contributed by atoms with van der Waals surface area (Å²) in [7, 11) is 0. The van der Waals surface area contributed by atoms with Crippen LogP contribution in [-0.4, -0.2) is 37.1 Å². The Labute approximate surface area is 127 Å². The fraction of sp³-hybridized carbons (Fsp3) is 1.00. The first kappa shape index (κ1) is 18.0. The van der Waals surface area contributed by atoms with Gasteiger partial charge in [0.05, 0.1) is 0 Å². The van der Waals surface area contributed by atoms with Gasteiger partial charge in [-0.1, -0.05) is 48.0 Å². The predicted molar refractivity (Wildman–Crippen MR) is 90.2 cm³/mol. The quantitative estimate of drug-likeness (QED) is 0.719. The van der Waals surface area contributed by atoms with Gasteiger partial charge in [0.25, 0.3) is 0 Å². The Kier molecular flexibility index (Phi) is 7.53. The van der Waals surface area contributed by atoms with Crippen LogP contribution in [0.4, 0.5) is 0 Å². The van der Waals surface area contributed by atoms with Crippen LogP contribution >= 0.6 is 0 Å². The minimum atomic E-state index is 0.434. The van der Waals surface area contributed by atoms with Crippen LogP contribution < -0.4 is 5.32 Å². The number of nitrogens with one attached hydrogen (secondary N) is 1. The SMILES string of the molecule is CCCC(C)(CNC(C)C)CN1CCC(C(C)C)CC1. The highest BCUT2D eigenvalue weighted by Gasteiger charge is 2.29. The highest BCUT2D eigenvalue weighted by Crippen LogP contribution is 2.29. The zero-order valence-electron chi connectivity index (χ0n) is 14.8. The molecule has 0 aromatic rings. The molecule has 1 saturated heterocycles. The Balaban J connectivity index is 2.45. The second-order valence-electron chi connectivity index (χ2n) is 7.95. The van der Waals surface area contributed by atoms with E-state index in [4.69, 9.17) is 0 Å². The van der Waals surface area contributed by atoms with Crippen LogP contribution in [0.3, 0.4) is 0 Å². The van der Waals surface area contributed by atoms with E-state index in [9.17, 15) is 0 Å². The van der Waals surface area contributed by atoms with Crippen LogP contribution in [0.5, 0.6) is 0 Å². The lowest BCUT2D eigenvalue weighted by atomic mass is 9.82. The van der Waals surface area contributed by atoms with E-state index in [2.05, 4.69) is 51.8 Å². The summed E-state index contributed by atoms with van der Waals surface area (Å²) in [5.74, 6) is 1.82. The Morgan fingerprint density at radius 2 is 1.75 bits per heavy atom. The normalized spacial score (nSPS) is 21.6. The third-order valence-electron chi connectivity index (χ3n) is 4.97. The molecule has 120 valence electrons. The minimum absolute atomic E-state index is 0.434. The summed E-state index contributed by atoms with van der Waals surface area (Å²) in [5, 5.41) is 3.66. The molecule has 1 rings (SSSR count). The molecule has 2 nitrogen and oxygen atoms in total. The Hall–Kier alpha value is -0.0800. The van der Waals surface area contributed by atoms with Gasteiger partial charge in [-0.15, -0.1) is 0 Å². The molecule has 1 aliphatic rings. The van der Waals surface area contributed by atoms with Crippen LogP contribution in [0, 0.1) is 17.3 Å². The van der Waals surface area contributed by atoms with Crippen LogP contribution in [-0.2, 0) is 0 Å². The lowest BCUT2D eigenvalue weighted by Crippen LogP contribution is -2.46. The highest BCUT2D eigenvalue weighted by atomic mass is 15.1. The van der Waals surface area contributed by atoms with Gasteiger partial charge in [0.1, 0.15) is 0 Å². The second kappa shape index (κ2) is 8.38. The molecular formula is C18H38N2. The van der Waals surface area contributed by atoms with Gasteiger partial charge in [-0.2, -0.15) is 0 Å². The van der Waals surface area contributed by atoms with Gasteiger partial charge in [-0.05, 0) is 49.6 Å². The molecule has 0 aliphatic carbocycles. The predicted octanol–water partition coefficient (Wildman–Crippen LogP) is 4.16. The Bertz CT molecular complexity index is 254. The summed E-state index contributed by atoms with van der Waals surface area (Å²) in [6, 6.07) is 0.595. The Morgan fingerprint density at radius 3 is 2.20 bits per heavy atom. The van der Waals surface area contributed by atoms with E-state index in [1.54, 1.807) is 0 Å². The Morgan fingerprint density at radius 1 is 1.15 bits per heavy atom. The molecule has 0 amide bonds. The molecule has 0 saturated carbocycles. The summed E-state index contributed by atoms with van der Waals surface area (Å²) in [6.07, 6.45) is 5.42. The molecule has 0 bridgehead atoms. The maximum atomic E-state index is 3.66. The van der Waals surface area contributed by atoms with Crippen LogP contribution in [0.15, 0.2) is 0 Å². The third kappa shape index (κ3) is 6.13. The largest absolute Gasteiger partial charge is 0.314 e. The average molecular weight is 283 g/mol. The molecule has 0 radical (unpaired) electrons. The number of hydrogen-bond donors (Lipinski definition) is 1. The number of piperidine rings is 1. The maximum Gasteiger partial charge on any atom is 0.00475 e. The minimum Gasteiger partial charge on any atom is -0.314 e. The standard InChI is InChI=1S/C18H38N2/c1-7-10-18(6,13-19-16(4)5)14-20-11-8-17(9-12-20)15(2)3/h15-17,19H,7-14H2,1-6H3. The van der Waals surface area contributed by atoms with Crippen molar-refractivity contribution in [3.05, 3.63) is 0 Å². The van der Waals surface area contributed by atoms with Crippen LogP contribution in [0.25, 0.3) is 0 Å². The topological polar surface area (TPSA) is 15.3 Å². The average Bonchev–Trinajstić information content (AvgIpc) is 2.37.